The zero-order valence-electron chi connectivity index (χ0n) is 12.6. The first-order valence-corrected chi connectivity index (χ1v) is 6.96. The second-order valence-electron chi connectivity index (χ2n) is 4.50. The summed E-state index contributed by atoms with van der Waals surface area (Å²) in [4.78, 5) is 25.9. The van der Waals surface area contributed by atoms with Crippen LogP contribution in [0.5, 0.6) is 11.5 Å². The van der Waals surface area contributed by atoms with Gasteiger partial charge in [0.25, 0.3) is 5.91 Å². The van der Waals surface area contributed by atoms with E-state index in [1.54, 1.807) is 55.6 Å². The molecule has 0 aliphatic carbocycles. The van der Waals surface area contributed by atoms with Crippen LogP contribution in [0.2, 0.25) is 0 Å². The number of amides is 1. The monoisotopic (exact) mass is 312 g/mol. The number of carbonyl (C=O) groups excluding carboxylic acids is 2. The molecule has 23 heavy (non-hydrogen) atoms. The molecule has 0 bridgehead atoms. The third kappa shape index (κ3) is 4.69. The zero-order valence-corrected chi connectivity index (χ0v) is 12.6. The lowest BCUT2D eigenvalue weighted by molar-refractivity contribution is 0.0947. The molecule has 2 aromatic rings. The Bertz CT molecular complexity index is 707. The number of rotatable bonds is 7. The van der Waals surface area contributed by atoms with Crippen molar-refractivity contribution in [2.75, 3.05) is 20.3 Å². The molecule has 6 nitrogen and oxygen atoms in total. The minimum Gasteiger partial charge on any atom is -0.497 e. The smallest absolute Gasteiger partial charge is 0.253 e. The maximum atomic E-state index is 12.1. The summed E-state index contributed by atoms with van der Waals surface area (Å²) in [7, 11) is 1.60. The molecule has 0 aromatic heterocycles. The number of carbonyl (C=O) groups is 1. The van der Waals surface area contributed by atoms with E-state index in [0.29, 0.717) is 24.5 Å². The highest BCUT2D eigenvalue weighted by Gasteiger charge is 2.09. The molecule has 0 saturated heterocycles. The Morgan fingerprint density at radius 3 is 2.52 bits per heavy atom. The van der Waals surface area contributed by atoms with Crippen molar-refractivity contribution in [2.45, 2.75) is 0 Å². The van der Waals surface area contributed by atoms with Gasteiger partial charge in [0.2, 0.25) is 6.08 Å². The highest BCUT2D eigenvalue weighted by molar-refractivity contribution is 5.99. The molecular formula is C17H16N2O4. The SMILES string of the molecule is COc1ccc(OCCNC(=O)c2ccccc2N=C=O)cc1. The second-order valence-corrected chi connectivity index (χ2v) is 4.50. The fraction of sp³-hybridized carbons (Fsp3) is 0.176. The summed E-state index contributed by atoms with van der Waals surface area (Å²) < 4.78 is 10.6. The third-order valence-corrected chi connectivity index (χ3v) is 3.03. The van der Waals surface area contributed by atoms with Gasteiger partial charge in [0.05, 0.1) is 24.9 Å². The maximum Gasteiger partial charge on any atom is 0.253 e. The average Bonchev–Trinajstić information content (AvgIpc) is 2.60. The average molecular weight is 312 g/mol. The van der Waals surface area contributed by atoms with Crippen LogP contribution < -0.4 is 14.8 Å². The molecule has 0 heterocycles. The second kappa shape index (κ2) is 8.36. The molecule has 0 atom stereocenters. The summed E-state index contributed by atoms with van der Waals surface area (Å²) in [5.74, 6) is 1.11. The van der Waals surface area contributed by atoms with E-state index in [9.17, 15) is 9.59 Å². The van der Waals surface area contributed by atoms with Gasteiger partial charge < -0.3 is 14.8 Å². The summed E-state index contributed by atoms with van der Waals surface area (Å²) in [6.07, 6.45) is 1.44. The number of nitrogens with one attached hydrogen (secondary N) is 1. The van der Waals surface area contributed by atoms with Gasteiger partial charge in [-0.3, -0.25) is 4.79 Å². The third-order valence-electron chi connectivity index (χ3n) is 3.03. The molecular weight excluding hydrogens is 296 g/mol. The van der Waals surface area contributed by atoms with Crippen LogP contribution in [0, 0.1) is 0 Å². The quantitative estimate of drug-likeness (QED) is 0.484. The lowest BCUT2D eigenvalue weighted by atomic mass is 10.1. The van der Waals surface area contributed by atoms with Crippen molar-refractivity contribution >= 4 is 17.7 Å². The number of methoxy groups -OCH3 is 1. The van der Waals surface area contributed by atoms with Gasteiger partial charge in [-0.1, -0.05) is 12.1 Å². The number of hydrogen-bond donors (Lipinski definition) is 1. The highest BCUT2D eigenvalue weighted by Crippen LogP contribution is 2.18. The Labute approximate surface area is 133 Å². The minimum absolute atomic E-state index is 0.288. The van der Waals surface area contributed by atoms with Crippen molar-refractivity contribution in [2.24, 2.45) is 4.99 Å². The number of aliphatic imine (C=N–C) groups is 1. The molecule has 1 N–H and O–H groups in total. The van der Waals surface area contributed by atoms with Crippen molar-refractivity contribution in [3.8, 4) is 11.5 Å². The van der Waals surface area contributed by atoms with Crippen molar-refractivity contribution in [3.05, 3.63) is 54.1 Å². The minimum atomic E-state index is -0.321. The fourth-order valence-electron chi connectivity index (χ4n) is 1.91. The first-order chi connectivity index (χ1) is 11.2. The van der Waals surface area contributed by atoms with Crippen LogP contribution in [0.15, 0.2) is 53.5 Å². The number of nitrogens with zero attached hydrogens (tertiary/aromatic N) is 1. The van der Waals surface area contributed by atoms with Crippen LogP contribution in [0.3, 0.4) is 0 Å². The van der Waals surface area contributed by atoms with Crippen LogP contribution in [0.25, 0.3) is 0 Å². The van der Waals surface area contributed by atoms with Crippen LogP contribution in [0.1, 0.15) is 10.4 Å². The summed E-state index contributed by atoms with van der Waals surface area (Å²) in [6, 6.07) is 13.7. The molecule has 0 aliphatic heterocycles. The highest BCUT2D eigenvalue weighted by atomic mass is 16.5. The standard InChI is InChI=1S/C17H16N2O4/c1-22-13-6-8-14(9-7-13)23-11-10-18-17(21)15-4-2-3-5-16(15)19-12-20/h2-9H,10-11H2,1H3,(H,18,21). The first kappa shape index (κ1) is 16.3. The number of isocyanates is 1. The zero-order chi connectivity index (χ0) is 16.5. The molecule has 1 amide bonds. The van der Waals surface area contributed by atoms with Crippen LogP contribution in [0.4, 0.5) is 5.69 Å². The van der Waals surface area contributed by atoms with Gasteiger partial charge >= 0.3 is 0 Å². The Hall–Kier alpha value is -3.11. The Kier molecular flexibility index (Phi) is 5.91. The predicted molar refractivity (Wildman–Crippen MR) is 85.0 cm³/mol. The van der Waals surface area contributed by atoms with E-state index in [-0.39, 0.29) is 11.6 Å². The van der Waals surface area contributed by atoms with Crippen molar-refractivity contribution < 1.29 is 19.1 Å². The van der Waals surface area contributed by atoms with E-state index in [1.807, 2.05) is 0 Å². The topological polar surface area (TPSA) is 77.0 Å². The summed E-state index contributed by atoms with van der Waals surface area (Å²) in [5, 5.41) is 2.71. The molecule has 0 spiro atoms. The van der Waals surface area contributed by atoms with Crippen molar-refractivity contribution in [3.63, 3.8) is 0 Å². The first-order valence-electron chi connectivity index (χ1n) is 6.96. The molecule has 0 fully saturated rings. The Morgan fingerprint density at radius 1 is 1.13 bits per heavy atom. The normalized spacial score (nSPS) is 9.61. The van der Waals surface area contributed by atoms with Crippen molar-refractivity contribution in [1.82, 2.24) is 5.32 Å². The van der Waals surface area contributed by atoms with Crippen LogP contribution in [-0.2, 0) is 4.79 Å². The summed E-state index contributed by atoms with van der Waals surface area (Å²) in [6.45, 7) is 0.640. The molecule has 0 aliphatic rings. The largest absolute Gasteiger partial charge is 0.497 e. The van der Waals surface area contributed by atoms with Gasteiger partial charge in [-0.2, -0.15) is 4.99 Å². The van der Waals surface area contributed by atoms with Crippen molar-refractivity contribution in [1.29, 1.82) is 0 Å². The summed E-state index contributed by atoms with van der Waals surface area (Å²) >= 11 is 0. The maximum absolute atomic E-state index is 12.1. The molecule has 2 rings (SSSR count). The van der Waals surface area contributed by atoms with E-state index in [1.165, 1.54) is 6.08 Å². The molecule has 118 valence electrons. The Morgan fingerprint density at radius 2 is 1.83 bits per heavy atom. The van der Waals surface area contributed by atoms with Gasteiger partial charge in [0.1, 0.15) is 18.1 Å². The van der Waals surface area contributed by atoms with Gasteiger partial charge in [-0.15, -0.1) is 0 Å². The van der Waals surface area contributed by atoms with E-state index in [2.05, 4.69) is 10.3 Å². The number of para-hydroxylation sites is 1. The molecule has 6 heteroatoms. The lowest BCUT2D eigenvalue weighted by Gasteiger charge is -2.09. The van der Waals surface area contributed by atoms with Gasteiger partial charge in [0, 0.05) is 0 Å². The number of ether oxygens (including phenoxy) is 2. The summed E-state index contributed by atoms with van der Waals surface area (Å²) in [5.41, 5.74) is 0.608. The number of benzene rings is 2. The van der Waals surface area contributed by atoms with Crippen LogP contribution in [-0.4, -0.2) is 32.2 Å². The van der Waals surface area contributed by atoms with Gasteiger partial charge in [0.15, 0.2) is 0 Å². The van der Waals surface area contributed by atoms with Gasteiger partial charge in [-0.05, 0) is 36.4 Å². The van der Waals surface area contributed by atoms with E-state index >= 15 is 0 Å². The Balaban J connectivity index is 1.84. The van der Waals surface area contributed by atoms with E-state index in [0.717, 1.165) is 5.75 Å². The van der Waals surface area contributed by atoms with Gasteiger partial charge in [-0.25, -0.2) is 4.79 Å². The van der Waals surface area contributed by atoms with Crippen LogP contribution >= 0.6 is 0 Å². The fourth-order valence-corrected chi connectivity index (χ4v) is 1.91. The lowest BCUT2D eigenvalue weighted by Crippen LogP contribution is -2.28. The molecule has 0 unspecified atom stereocenters. The van der Waals surface area contributed by atoms with E-state index in [4.69, 9.17) is 9.47 Å². The molecule has 2 aromatic carbocycles. The predicted octanol–water partition coefficient (Wildman–Crippen LogP) is 2.47. The molecule has 0 radical (unpaired) electrons. The number of hydrogen-bond acceptors (Lipinski definition) is 5. The van der Waals surface area contributed by atoms with E-state index < -0.39 is 0 Å². The molecule has 0 saturated carbocycles.